The average molecular weight is 375 g/mol. The number of hydrogen-bond donors (Lipinski definition) is 0. The van der Waals surface area contributed by atoms with Gasteiger partial charge < -0.3 is 9.90 Å². The summed E-state index contributed by atoms with van der Waals surface area (Å²) >= 11 is 6.38. The van der Waals surface area contributed by atoms with Crippen molar-refractivity contribution >= 4 is 46.3 Å². The number of carboxylic acids is 1. The van der Waals surface area contributed by atoms with E-state index in [4.69, 9.17) is 12.2 Å². The van der Waals surface area contributed by atoms with Gasteiger partial charge in [-0.1, -0.05) is 80.2 Å². The van der Waals surface area contributed by atoms with Crippen LogP contribution in [0.4, 0.5) is 0 Å². The highest BCUT2D eigenvalue weighted by molar-refractivity contribution is 8.26. The van der Waals surface area contributed by atoms with Crippen molar-refractivity contribution in [2.24, 2.45) is 0 Å². The Kier molecular flexibility index (Phi) is 6.96. The molecule has 4 nitrogen and oxygen atoms in total. The van der Waals surface area contributed by atoms with Crippen molar-refractivity contribution in [1.82, 2.24) is 4.90 Å². The summed E-state index contributed by atoms with van der Waals surface area (Å²) in [4.78, 5) is 25.7. The van der Waals surface area contributed by atoms with Crippen LogP contribution in [0.5, 0.6) is 0 Å². The Balaban J connectivity index is 2.22. The molecule has 132 valence electrons. The van der Waals surface area contributed by atoms with Gasteiger partial charge in [-0.3, -0.25) is 9.69 Å². The fourth-order valence-electron chi connectivity index (χ4n) is 2.56. The van der Waals surface area contributed by atoms with Crippen molar-refractivity contribution in [1.29, 1.82) is 0 Å². The number of allylic oxidation sites excluding steroid dienone is 2. The van der Waals surface area contributed by atoms with Crippen LogP contribution in [0.1, 0.15) is 38.7 Å². The first kappa shape index (κ1) is 19.4. The van der Waals surface area contributed by atoms with Crippen LogP contribution in [0, 0.1) is 0 Å². The van der Waals surface area contributed by atoms with Gasteiger partial charge in [0, 0.05) is 0 Å². The van der Waals surface area contributed by atoms with E-state index in [-0.39, 0.29) is 10.2 Å². The largest absolute Gasteiger partial charge is 0.548 e. The molecule has 1 heterocycles. The number of thiocarbonyl (C=S) groups is 1. The summed E-state index contributed by atoms with van der Waals surface area (Å²) in [5, 5.41) is 11.4. The standard InChI is InChI=1S/C19H21NO3S2/c1-3-4-10-15(18(22)23)20-17(21)16(25-19(20)24)12-13(2)11-14-8-6-5-7-9-14/h5-9,11-12,15H,3-4,10H2,1-2H3,(H,22,23)/p-1/b13-11+,16-12-/t15-/m0/s1. The molecule has 0 spiro atoms. The molecule has 0 aliphatic carbocycles. The van der Waals surface area contributed by atoms with Gasteiger partial charge >= 0.3 is 0 Å². The first-order chi connectivity index (χ1) is 11.9. The number of benzene rings is 1. The molecule has 1 aromatic carbocycles. The van der Waals surface area contributed by atoms with Gasteiger partial charge in [0.25, 0.3) is 5.91 Å². The summed E-state index contributed by atoms with van der Waals surface area (Å²) in [7, 11) is 0. The van der Waals surface area contributed by atoms with E-state index >= 15 is 0 Å². The minimum absolute atomic E-state index is 0.272. The molecule has 1 fully saturated rings. The fraction of sp³-hybridized carbons (Fsp3) is 0.316. The molecule has 0 aromatic heterocycles. The molecule has 0 saturated carbocycles. The Morgan fingerprint density at radius 2 is 2.04 bits per heavy atom. The quantitative estimate of drug-likeness (QED) is 0.542. The second-order valence-corrected chi connectivity index (χ2v) is 7.50. The lowest BCUT2D eigenvalue weighted by Gasteiger charge is -2.27. The van der Waals surface area contributed by atoms with Gasteiger partial charge in [-0.2, -0.15) is 0 Å². The third kappa shape index (κ3) is 5.03. The summed E-state index contributed by atoms with van der Waals surface area (Å²) < 4.78 is 0.272. The number of amides is 1. The van der Waals surface area contributed by atoms with E-state index in [1.165, 1.54) is 4.90 Å². The van der Waals surface area contributed by atoms with Crippen molar-refractivity contribution < 1.29 is 14.7 Å². The second kappa shape index (κ2) is 8.97. The minimum Gasteiger partial charge on any atom is -0.548 e. The molecule has 2 rings (SSSR count). The predicted molar refractivity (Wildman–Crippen MR) is 104 cm³/mol. The van der Waals surface area contributed by atoms with Gasteiger partial charge in [-0.05, 0) is 30.6 Å². The van der Waals surface area contributed by atoms with Crippen LogP contribution in [0.25, 0.3) is 6.08 Å². The Labute approximate surface area is 157 Å². The molecule has 1 aliphatic rings. The van der Waals surface area contributed by atoms with Crippen LogP contribution >= 0.6 is 24.0 Å². The van der Waals surface area contributed by atoms with E-state index in [0.717, 1.165) is 29.3 Å². The first-order valence-electron chi connectivity index (χ1n) is 8.15. The average Bonchev–Trinajstić information content (AvgIpc) is 2.83. The number of hydrogen-bond acceptors (Lipinski definition) is 5. The normalized spacial score (nSPS) is 18.1. The molecule has 1 aliphatic heterocycles. The van der Waals surface area contributed by atoms with Crippen molar-refractivity contribution in [3.8, 4) is 0 Å². The van der Waals surface area contributed by atoms with Gasteiger partial charge in [-0.15, -0.1) is 0 Å². The van der Waals surface area contributed by atoms with Crippen molar-refractivity contribution in [2.75, 3.05) is 0 Å². The molecule has 0 N–H and O–H groups in total. The minimum atomic E-state index is -1.26. The number of unbranched alkanes of at least 4 members (excludes halogenated alkanes) is 1. The topological polar surface area (TPSA) is 60.4 Å². The number of carboxylic acid groups (broad SMARTS) is 1. The lowest BCUT2D eigenvalue weighted by molar-refractivity contribution is -0.310. The molecule has 0 bridgehead atoms. The molecule has 6 heteroatoms. The molecule has 1 amide bonds. The predicted octanol–water partition coefficient (Wildman–Crippen LogP) is 3.14. The van der Waals surface area contributed by atoms with Gasteiger partial charge in [0.15, 0.2) is 0 Å². The maximum atomic E-state index is 12.6. The van der Waals surface area contributed by atoms with Gasteiger partial charge in [0.1, 0.15) is 4.32 Å². The van der Waals surface area contributed by atoms with Gasteiger partial charge in [0.2, 0.25) is 0 Å². The Morgan fingerprint density at radius 3 is 2.64 bits per heavy atom. The maximum absolute atomic E-state index is 12.6. The lowest BCUT2D eigenvalue weighted by Crippen LogP contribution is -2.49. The molecule has 25 heavy (non-hydrogen) atoms. The van der Waals surface area contributed by atoms with Crippen molar-refractivity contribution in [2.45, 2.75) is 39.2 Å². The number of nitrogens with zero attached hydrogens (tertiary/aromatic N) is 1. The fourth-order valence-corrected chi connectivity index (χ4v) is 3.97. The van der Waals surface area contributed by atoms with Crippen LogP contribution in [0.3, 0.4) is 0 Å². The zero-order valence-electron chi connectivity index (χ0n) is 14.2. The summed E-state index contributed by atoms with van der Waals surface area (Å²) in [5.74, 6) is -1.62. The number of thioether (sulfide) groups is 1. The van der Waals surface area contributed by atoms with Gasteiger partial charge in [-0.25, -0.2) is 0 Å². The van der Waals surface area contributed by atoms with Crippen LogP contribution in [-0.4, -0.2) is 27.1 Å². The molecule has 0 radical (unpaired) electrons. The number of carbonyl (C=O) groups is 2. The Hall–Kier alpha value is -1.92. The van der Waals surface area contributed by atoms with E-state index in [2.05, 4.69) is 0 Å². The second-order valence-electron chi connectivity index (χ2n) is 5.83. The third-order valence-corrected chi connectivity index (χ3v) is 5.12. The summed E-state index contributed by atoms with van der Waals surface area (Å²) in [6.45, 7) is 3.86. The van der Waals surface area contributed by atoms with Gasteiger partial charge in [0.05, 0.1) is 16.9 Å². The Morgan fingerprint density at radius 1 is 1.36 bits per heavy atom. The van der Waals surface area contributed by atoms with Crippen molar-refractivity contribution in [3.05, 3.63) is 52.4 Å². The number of carbonyl (C=O) groups excluding carboxylic acids is 2. The molecule has 1 saturated heterocycles. The van der Waals surface area contributed by atoms with E-state index in [1.54, 1.807) is 6.08 Å². The highest BCUT2D eigenvalue weighted by atomic mass is 32.2. The monoisotopic (exact) mass is 374 g/mol. The number of rotatable bonds is 7. The molecule has 1 aromatic rings. The first-order valence-corrected chi connectivity index (χ1v) is 9.37. The van der Waals surface area contributed by atoms with E-state index in [0.29, 0.717) is 17.7 Å². The molecular formula is C19H20NO3S2-. The number of aliphatic carboxylic acids is 1. The molecular weight excluding hydrogens is 354 g/mol. The summed E-state index contributed by atoms with van der Waals surface area (Å²) in [6.07, 6.45) is 5.59. The summed E-state index contributed by atoms with van der Waals surface area (Å²) in [6, 6.07) is 8.76. The van der Waals surface area contributed by atoms with E-state index in [1.807, 2.05) is 50.3 Å². The van der Waals surface area contributed by atoms with Crippen molar-refractivity contribution in [3.63, 3.8) is 0 Å². The highest BCUT2D eigenvalue weighted by Crippen LogP contribution is 2.34. The van der Waals surface area contributed by atoms with Crippen LogP contribution in [0.15, 0.2) is 46.9 Å². The smallest absolute Gasteiger partial charge is 0.266 e. The lowest BCUT2D eigenvalue weighted by atomic mass is 10.1. The van der Waals surface area contributed by atoms with Crippen LogP contribution in [0.2, 0.25) is 0 Å². The highest BCUT2D eigenvalue weighted by Gasteiger charge is 2.37. The SMILES string of the molecule is CCCC[C@@H](C(=O)[O-])N1C(=O)/C(=C/C(C)=C/c2ccccc2)SC1=S. The zero-order valence-corrected chi connectivity index (χ0v) is 15.9. The third-order valence-electron chi connectivity index (χ3n) is 3.79. The van der Waals surface area contributed by atoms with E-state index in [9.17, 15) is 14.7 Å². The van der Waals surface area contributed by atoms with Crippen LogP contribution in [-0.2, 0) is 9.59 Å². The Bertz CT molecular complexity index is 725. The van der Waals surface area contributed by atoms with E-state index < -0.39 is 12.0 Å². The van der Waals surface area contributed by atoms with Crippen LogP contribution < -0.4 is 5.11 Å². The molecule has 0 unspecified atom stereocenters. The molecule has 1 atom stereocenters. The zero-order chi connectivity index (χ0) is 18.4. The summed E-state index contributed by atoms with van der Waals surface area (Å²) in [5.41, 5.74) is 1.92. The maximum Gasteiger partial charge on any atom is 0.266 e.